The molecule has 0 bridgehead atoms. The largest absolute Gasteiger partial charge is 0.573 e. The van der Waals surface area contributed by atoms with Crippen LogP contribution in [0.25, 0.3) is 22.1 Å². The van der Waals surface area contributed by atoms with Crippen molar-refractivity contribution < 1.29 is 58.1 Å². The van der Waals surface area contributed by atoms with Gasteiger partial charge >= 0.3 is 29.8 Å². The smallest absolute Gasteiger partial charge is 0.487 e. The lowest BCUT2D eigenvalue weighted by Crippen LogP contribution is -2.58. The van der Waals surface area contributed by atoms with Crippen molar-refractivity contribution in [2.75, 3.05) is 20.3 Å². The minimum absolute atomic E-state index is 0.0978. The fourth-order valence-electron chi connectivity index (χ4n) is 3.91. The predicted octanol–water partition coefficient (Wildman–Crippen LogP) is 8.02. The Morgan fingerprint density at radius 1 is 0.805 bits per heavy atom. The van der Waals surface area contributed by atoms with E-state index in [9.17, 15) is 44.3 Å². The predicted molar refractivity (Wildman–Crippen MR) is 130 cm³/mol. The lowest BCUT2D eigenvalue weighted by atomic mass is 10.00. The Hall–Kier alpha value is -3.42. The van der Waals surface area contributed by atoms with Crippen molar-refractivity contribution in [1.29, 1.82) is 0 Å². The minimum Gasteiger partial charge on any atom is -0.487 e. The number of ether oxygens (including phenoxy) is 3. The Balaban J connectivity index is 1.91. The highest BCUT2D eigenvalue weighted by atomic mass is 19.4. The number of hydrogen-bond acceptors (Lipinski definition) is 5. The Morgan fingerprint density at radius 2 is 1.49 bits per heavy atom. The molecule has 0 saturated carbocycles. The van der Waals surface area contributed by atoms with Gasteiger partial charge in [-0.05, 0) is 42.7 Å². The van der Waals surface area contributed by atoms with Gasteiger partial charge in [0.25, 0.3) is 0 Å². The first kappa shape index (κ1) is 32.1. The monoisotopic (exact) mass is 600 g/mol. The second-order valence-corrected chi connectivity index (χ2v) is 9.19. The fourth-order valence-corrected chi connectivity index (χ4v) is 3.91. The average molecular weight is 600 g/mol. The van der Waals surface area contributed by atoms with Crippen LogP contribution in [-0.4, -0.2) is 44.5 Å². The third-order valence-corrected chi connectivity index (χ3v) is 6.00. The summed E-state index contributed by atoms with van der Waals surface area (Å²) in [6.07, 6.45) is -2.10. The van der Waals surface area contributed by atoms with Crippen molar-refractivity contribution in [2.24, 2.45) is 0 Å². The molecule has 0 aliphatic carbocycles. The molecule has 0 aliphatic heterocycles. The van der Waals surface area contributed by atoms with Gasteiger partial charge in [0.1, 0.15) is 23.7 Å². The van der Waals surface area contributed by atoms with E-state index in [4.69, 9.17) is 4.42 Å². The molecule has 226 valence electrons. The Kier molecular flexibility index (Phi) is 9.56. The van der Waals surface area contributed by atoms with Crippen LogP contribution in [0.15, 0.2) is 51.7 Å². The van der Waals surface area contributed by atoms with E-state index in [1.54, 1.807) is 6.07 Å². The van der Waals surface area contributed by atoms with Crippen LogP contribution in [0.3, 0.4) is 0 Å². The van der Waals surface area contributed by atoms with E-state index in [0.29, 0.717) is 19.1 Å². The molecule has 0 N–H and O–H groups in total. The van der Waals surface area contributed by atoms with Crippen LogP contribution in [0, 0.1) is 0 Å². The summed E-state index contributed by atoms with van der Waals surface area (Å²) in [6, 6.07) is 8.17. The normalized spacial score (nSPS) is 13.0. The van der Waals surface area contributed by atoms with Crippen LogP contribution < -0.4 is 15.1 Å². The van der Waals surface area contributed by atoms with Crippen LogP contribution in [0.1, 0.15) is 31.7 Å². The van der Waals surface area contributed by atoms with Gasteiger partial charge in [0, 0.05) is 24.1 Å². The van der Waals surface area contributed by atoms with Crippen LogP contribution in [0.4, 0.5) is 39.5 Å². The highest BCUT2D eigenvalue weighted by Crippen LogP contribution is 2.46. The molecule has 5 nitrogen and oxygen atoms in total. The Morgan fingerprint density at radius 3 is 2.12 bits per heavy atom. The molecule has 14 heteroatoms. The number of hydrogen-bond donors (Lipinski definition) is 0. The van der Waals surface area contributed by atoms with E-state index < -0.39 is 54.5 Å². The first-order chi connectivity index (χ1) is 19.0. The van der Waals surface area contributed by atoms with Crippen LogP contribution in [0.2, 0.25) is 0 Å². The number of benzene rings is 2. The minimum atomic E-state index is -5.82. The molecule has 0 unspecified atom stereocenters. The van der Waals surface area contributed by atoms with Gasteiger partial charge in [-0.3, -0.25) is 0 Å². The van der Waals surface area contributed by atoms with Crippen LogP contribution in [-0.2, 0) is 11.2 Å². The number of unbranched alkanes of at least 4 members (excludes halogenated alkanes) is 2. The van der Waals surface area contributed by atoms with Gasteiger partial charge < -0.3 is 18.6 Å². The number of alkyl halides is 9. The molecule has 0 aliphatic rings. The van der Waals surface area contributed by atoms with Crippen molar-refractivity contribution in [3.05, 3.63) is 58.4 Å². The van der Waals surface area contributed by atoms with Crippen molar-refractivity contribution in [1.82, 2.24) is 0 Å². The van der Waals surface area contributed by atoms with Gasteiger partial charge in [-0.25, -0.2) is 4.79 Å². The van der Waals surface area contributed by atoms with Gasteiger partial charge in [-0.2, -0.15) is 26.3 Å². The molecule has 3 aromatic rings. The maximum Gasteiger partial charge on any atom is 0.573 e. The second kappa shape index (κ2) is 12.2. The van der Waals surface area contributed by atoms with E-state index in [0.717, 1.165) is 43.5 Å². The SMILES string of the molecule is CCCCCc1ccc(-c2cc3ccc(OCC(F)(F)C(F)(F)C(F)(F)COC)cc3oc2=O)c(OC(F)(F)F)c1. The standard InChI is InChI=1S/C27H25F9O5/c1-3-4-5-6-16-7-10-19(22(11-16)41-27(34,35)36)20-12-17-8-9-18(13-21(17)40-23(20)37)39-15-25(30,31)26(32,33)24(28,29)14-38-2/h7-13H,3-6,14-15H2,1-2H3. The molecule has 0 fully saturated rings. The van der Waals surface area contributed by atoms with Gasteiger partial charge in [-0.15, -0.1) is 13.2 Å². The first-order valence-corrected chi connectivity index (χ1v) is 12.2. The van der Waals surface area contributed by atoms with Gasteiger partial charge in [0.2, 0.25) is 0 Å². The summed E-state index contributed by atoms with van der Waals surface area (Å²) in [5, 5.41) is 0.0978. The van der Waals surface area contributed by atoms with E-state index >= 15 is 0 Å². The number of aryl methyl sites for hydroxylation is 1. The number of halogens is 9. The summed E-state index contributed by atoms with van der Waals surface area (Å²) in [5.41, 5.74) is -1.41. The molecule has 2 aromatic carbocycles. The summed E-state index contributed by atoms with van der Waals surface area (Å²) in [4.78, 5) is 12.7. The number of rotatable bonds is 13. The molecular weight excluding hydrogens is 575 g/mol. The van der Waals surface area contributed by atoms with Crippen LogP contribution in [0.5, 0.6) is 11.5 Å². The molecule has 0 amide bonds. The first-order valence-electron chi connectivity index (χ1n) is 12.2. The topological polar surface area (TPSA) is 57.9 Å². The lowest BCUT2D eigenvalue weighted by Gasteiger charge is -2.32. The fraction of sp³-hybridized carbons (Fsp3) is 0.444. The summed E-state index contributed by atoms with van der Waals surface area (Å²) in [5.74, 6) is -17.5. The molecule has 0 saturated heterocycles. The molecule has 0 spiro atoms. The zero-order valence-corrected chi connectivity index (χ0v) is 21.7. The summed E-state index contributed by atoms with van der Waals surface area (Å²) < 4.78 is 140. The zero-order chi connectivity index (χ0) is 30.6. The third kappa shape index (κ3) is 7.46. The second-order valence-electron chi connectivity index (χ2n) is 9.19. The molecule has 1 heterocycles. The lowest BCUT2D eigenvalue weighted by molar-refractivity contribution is -0.323. The van der Waals surface area contributed by atoms with Crippen molar-refractivity contribution >= 4 is 11.0 Å². The maximum absolute atomic E-state index is 14.0. The quantitative estimate of drug-likeness (QED) is 0.113. The molecule has 0 radical (unpaired) electrons. The highest BCUT2D eigenvalue weighted by Gasteiger charge is 2.71. The van der Waals surface area contributed by atoms with E-state index in [-0.39, 0.29) is 22.1 Å². The summed E-state index contributed by atoms with van der Waals surface area (Å²) in [6.45, 7) is -2.15. The molecular formula is C27H25F9O5. The summed E-state index contributed by atoms with van der Waals surface area (Å²) in [7, 11) is 0.640. The van der Waals surface area contributed by atoms with Gasteiger partial charge in [0.15, 0.2) is 6.61 Å². The van der Waals surface area contributed by atoms with Gasteiger partial charge in [0.05, 0.1) is 5.56 Å². The van der Waals surface area contributed by atoms with Crippen molar-refractivity contribution in [2.45, 2.75) is 56.7 Å². The highest BCUT2D eigenvalue weighted by molar-refractivity contribution is 5.84. The number of fused-ring (bicyclic) bond motifs is 1. The third-order valence-electron chi connectivity index (χ3n) is 6.00. The molecule has 1 aromatic heterocycles. The van der Waals surface area contributed by atoms with E-state index in [2.05, 4.69) is 14.2 Å². The zero-order valence-electron chi connectivity index (χ0n) is 21.7. The number of methoxy groups -OCH3 is 1. The molecule has 3 rings (SSSR count). The van der Waals surface area contributed by atoms with Gasteiger partial charge in [-0.1, -0.05) is 31.9 Å². The van der Waals surface area contributed by atoms with Crippen molar-refractivity contribution in [3.8, 4) is 22.6 Å². The molecule has 41 heavy (non-hydrogen) atoms. The van der Waals surface area contributed by atoms with Crippen LogP contribution >= 0.6 is 0 Å². The van der Waals surface area contributed by atoms with E-state index in [1.807, 2.05) is 6.92 Å². The Labute approximate surface area is 227 Å². The Bertz CT molecular complexity index is 1400. The van der Waals surface area contributed by atoms with Crippen molar-refractivity contribution in [3.63, 3.8) is 0 Å². The summed E-state index contributed by atoms with van der Waals surface area (Å²) >= 11 is 0. The van der Waals surface area contributed by atoms with E-state index in [1.165, 1.54) is 12.1 Å². The average Bonchev–Trinajstić information content (AvgIpc) is 2.86. The molecule has 0 atom stereocenters. The maximum atomic E-state index is 14.0.